The van der Waals surface area contributed by atoms with Gasteiger partial charge in [0.1, 0.15) is 6.10 Å². The van der Waals surface area contributed by atoms with Gasteiger partial charge in [0.25, 0.3) is 0 Å². The normalized spacial score (nSPS) is 13.2. The molecule has 1 unspecified atom stereocenters. The van der Waals surface area contributed by atoms with E-state index in [9.17, 15) is 0 Å². The molecule has 0 rings (SSSR count). The Morgan fingerprint density at radius 3 is 2.12 bits per heavy atom. The summed E-state index contributed by atoms with van der Waals surface area (Å²) in [5.41, 5.74) is 0. The van der Waals surface area contributed by atoms with Crippen molar-refractivity contribution in [2.75, 3.05) is 13.7 Å². The Labute approximate surface area is 108 Å². The van der Waals surface area contributed by atoms with Crippen LogP contribution >= 0.6 is 0 Å². The van der Waals surface area contributed by atoms with E-state index in [1.807, 2.05) is 0 Å². The Hall–Kier alpha value is -0.0800. The molecule has 0 bridgehead atoms. The minimum Gasteiger partial charge on any atom is -0.378 e. The standard InChI is InChI=1S/C15H31O2/c1-5-8-9-10-11-12-13-17-15(7-3)14(6-2)16-4/h14H,5-13H2,1-4H3. The van der Waals surface area contributed by atoms with Gasteiger partial charge in [0.05, 0.1) is 6.10 Å². The molecule has 0 heterocycles. The zero-order valence-corrected chi connectivity index (χ0v) is 12.3. The minimum atomic E-state index is 0.181. The van der Waals surface area contributed by atoms with Gasteiger partial charge in [-0.15, -0.1) is 0 Å². The SMILES string of the molecule is CCCCCCCCO[C](CC)C(CC)OC. The van der Waals surface area contributed by atoms with E-state index >= 15 is 0 Å². The minimum absolute atomic E-state index is 0.181. The van der Waals surface area contributed by atoms with Crippen LogP contribution in [-0.4, -0.2) is 19.8 Å². The van der Waals surface area contributed by atoms with E-state index in [2.05, 4.69) is 20.8 Å². The van der Waals surface area contributed by atoms with Gasteiger partial charge in [0, 0.05) is 13.7 Å². The van der Waals surface area contributed by atoms with Gasteiger partial charge < -0.3 is 9.47 Å². The van der Waals surface area contributed by atoms with E-state index in [4.69, 9.17) is 9.47 Å². The number of ether oxygens (including phenoxy) is 2. The summed E-state index contributed by atoms with van der Waals surface area (Å²) in [4.78, 5) is 0. The molecule has 0 aliphatic rings. The molecule has 0 fully saturated rings. The van der Waals surface area contributed by atoms with Crippen molar-refractivity contribution in [1.82, 2.24) is 0 Å². The fourth-order valence-corrected chi connectivity index (χ4v) is 2.03. The van der Waals surface area contributed by atoms with Crippen LogP contribution in [-0.2, 0) is 9.47 Å². The lowest BCUT2D eigenvalue weighted by atomic mass is 10.1. The second-order valence-corrected chi connectivity index (χ2v) is 4.57. The van der Waals surface area contributed by atoms with Crippen LogP contribution in [0.2, 0.25) is 0 Å². The fourth-order valence-electron chi connectivity index (χ4n) is 2.03. The summed E-state index contributed by atoms with van der Waals surface area (Å²) in [6.45, 7) is 7.38. The average Bonchev–Trinajstić information content (AvgIpc) is 2.36. The van der Waals surface area contributed by atoms with E-state index in [0.717, 1.165) is 25.6 Å². The third-order valence-electron chi connectivity index (χ3n) is 3.15. The molecule has 2 heteroatoms. The molecule has 0 amide bonds. The molecule has 103 valence electrons. The maximum atomic E-state index is 5.83. The first kappa shape index (κ1) is 16.9. The lowest BCUT2D eigenvalue weighted by molar-refractivity contribution is 0.00736. The Kier molecular flexibility index (Phi) is 12.3. The molecular weight excluding hydrogens is 212 g/mol. The zero-order valence-electron chi connectivity index (χ0n) is 12.3. The van der Waals surface area contributed by atoms with E-state index in [1.54, 1.807) is 7.11 Å². The van der Waals surface area contributed by atoms with Crippen molar-refractivity contribution in [3.63, 3.8) is 0 Å². The summed E-state index contributed by atoms with van der Waals surface area (Å²) < 4.78 is 11.2. The molecule has 0 saturated heterocycles. The molecule has 0 spiro atoms. The van der Waals surface area contributed by atoms with Crippen molar-refractivity contribution < 1.29 is 9.47 Å². The molecule has 1 atom stereocenters. The highest BCUT2D eigenvalue weighted by Gasteiger charge is 2.19. The van der Waals surface area contributed by atoms with Gasteiger partial charge >= 0.3 is 0 Å². The van der Waals surface area contributed by atoms with Crippen molar-refractivity contribution >= 4 is 0 Å². The van der Waals surface area contributed by atoms with Crippen LogP contribution in [0.3, 0.4) is 0 Å². The van der Waals surface area contributed by atoms with Crippen LogP contribution in [0.5, 0.6) is 0 Å². The summed E-state index contributed by atoms with van der Waals surface area (Å²) in [5, 5.41) is 0. The topological polar surface area (TPSA) is 18.5 Å². The molecule has 0 aliphatic carbocycles. The average molecular weight is 243 g/mol. The van der Waals surface area contributed by atoms with Gasteiger partial charge in [-0.2, -0.15) is 0 Å². The first-order chi connectivity index (χ1) is 8.29. The first-order valence-corrected chi connectivity index (χ1v) is 7.31. The molecular formula is C15H31O2. The van der Waals surface area contributed by atoms with Crippen LogP contribution in [0.1, 0.15) is 72.1 Å². The molecule has 0 aliphatic heterocycles. The van der Waals surface area contributed by atoms with Gasteiger partial charge in [-0.05, 0) is 19.3 Å². The van der Waals surface area contributed by atoms with Crippen LogP contribution in [0.15, 0.2) is 0 Å². The van der Waals surface area contributed by atoms with E-state index < -0.39 is 0 Å². The molecule has 0 aromatic rings. The predicted octanol–water partition coefficient (Wildman–Crippen LogP) is 4.73. The van der Waals surface area contributed by atoms with Crippen molar-refractivity contribution in [1.29, 1.82) is 0 Å². The van der Waals surface area contributed by atoms with Gasteiger partial charge in [0.2, 0.25) is 0 Å². The third kappa shape index (κ3) is 8.62. The van der Waals surface area contributed by atoms with Crippen LogP contribution in [0.25, 0.3) is 0 Å². The van der Waals surface area contributed by atoms with Gasteiger partial charge in [0.15, 0.2) is 0 Å². The van der Waals surface area contributed by atoms with Gasteiger partial charge in [-0.1, -0.05) is 52.9 Å². The smallest absolute Gasteiger partial charge is 0.125 e. The number of rotatable bonds is 12. The number of unbranched alkanes of at least 4 members (excludes halogenated alkanes) is 5. The maximum Gasteiger partial charge on any atom is 0.125 e. The van der Waals surface area contributed by atoms with Crippen LogP contribution < -0.4 is 0 Å². The lowest BCUT2D eigenvalue weighted by Gasteiger charge is -2.23. The Balaban J connectivity index is 3.49. The summed E-state index contributed by atoms with van der Waals surface area (Å²) in [5.74, 6) is 0. The highest BCUT2D eigenvalue weighted by Crippen LogP contribution is 2.19. The van der Waals surface area contributed by atoms with Gasteiger partial charge in [-0.25, -0.2) is 0 Å². The monoisotopic (exact) mass is 243 g/mol. The summed E-state index contributed by atoms with van der Waals surface area (Å²) in [6.07, 6.45) is 11.1. The van der Waals surface area contributed by atoms with Crippen LogP contribution in [0, 0.1) is 6.10 Å². The second kappa shape index (κ2) is 12.4. The summed E-state index contributed by atoms with van der Waals surface area (Å²) in [6, 6.07) is 0. The molecule has 17 heavy (non-hydrogen) atoms. The fraction of sp³-hybridized carbons (Fsp3) is 0.933. The highest BCUT2D eigenvalue weighted by molar-refractivity contribution is 4.86. The third-order valence-corrected chi connectivity index (χ3v) is 3.15. The molecule has 0 aromatic heterocycles. The Morgan fingerprint density at radius 2 is 1.59 bits per heavy atom. The van der Waals surface area contributed by atoms with E-state index in [-0.39, 0.29) is 6.10 Å². The van der Waals surface area contributed by atoms with Crippen molar-refractivity contribution in [2.24, 2.45) is 0 Å². The molecule has 0 aromatic carbocycles. The van der Waals surface area contributed by atoms with E-state index in [1.165, 1.54) is 38.5 Å². The number of hydrogen-bond acceptors (Lipinski definition) is 2. The predicted molar refractivity (Wildman–Crippen MR) is 74.0 cm³/mol. The molecule has 1 radical (unpaired) electrons. The van der Waals surface area contributed by atoms with Gasteiger partial charge in [-0.3, -0.25) is 0 Å². The van der Waals surface area contributed by atoms with Crippen molar-refractivity contribution in [3.05, 3.63) is 6.10 Å². The second-order valence-electron chi connectivity index (χ2n) is 4.57. The quantitative estimate of drug-likeness (QED) is 0.461. The molecule has 2 nitrogen and oxygen atoms in total. The number of methoxy groups -OCH3 is 1. The Morgan fingerprint density at radius 1 is 0.941 bits per heavy atom. The highest BCUT2D eigenvalue weighted by atomic mass is 16.5. The molecule has 0 saturated carbocycles. The van der Waals surface area contributed by atoms with Crippen molar-refractivity contribution in [2.45, 2.75) is 78.2 Å². The first-order valence-electron chi connectivity index (χ1n) is 7.31. The van der Waals surface area contributed by atoms with E-state index in [0.29, 0.717) is 0 Å². The largest absolute Gasteiger partial charge is 0.378 e. The zero-order chi connectivity index (χ0) is 12.9. The number of hydrogen-bond donors (Lipinski definition) is 0. The lowest BCUT2D eigenvalue weighted by Crippen LogP contribution is -2.22. The molecule has 0 N–H and O–H groups in total. The summed E-state index contributed by atoms with van der Waals surface area (Å²) in [7, 11) is 1.76. The maximum absolute atomic E-state index is 5.83. The van der Waals surface area contributed by atoms with Crippen molar-refractivity contribution in [3.8, 4) is 0 Å². The van der Waals surface area contributed by atoms with Crippen LogP contribution in [0.4, 0.5) is 0 Å². The summed E-state index contributed by atoms with van der Waals surface area (Å²) >= 11 is 0. The Bertz CT molecular complexity index is 144.